The molecule has 1 saturated heterocycles. The van der Waals surface area contributed by atoms with Crippen molar-refractivity contribution in [1.82, 2.24) is 0 Å². The Hall–Kier alpha value is -0.0600. The van der Waals surface area contributed by atoms with Gasteiger partial charge in [0.1, 0.15) is 18.5 Å². The molecular formula is C10H10Br2O2. The van der Waals surface area contributed by atoms with Gasteiger partial charge in [0.15, 0.2) is 0 Å². The molecule has 0 N–H and O–H groups in total. The molecule has 14 heavy (non-hydrogen) atoms. The Balaban J connectivity index is 2.13. The van der Waals surface area contributed by atoms with Crippen LogP contribution in [-0.2, 0) is 4.74 Å². The molecule has 0 aliphatic carbocycles. The van der Waals surface area contributed by atoms with Crippen LogP contribution in [0.3, 0.4) is 0 Å². The van der Waals surface area contributed by atoms with Crippen LogP contribution in [0, 0.1) is 6.92 Å². The van der Waals surface area contributed by atoms with Gasteiger partial charge in [0, 0.05) is 4.47 Å². The van der Waals surface area contributed by atoms with E-state index in [4.69, 9.17) is 9.47 Å². The average Bonchev–Trinajstić information content (AvgIpc) is 2.92. The summed E-state index contributed by atoms with van der Waals surface area (Å²) in [5.41, 5.74) is 1.16. The fraction of sp³-hybridized carbons (Fsp3) is 0.400. The van der Waals surface area contributed by atoms with Gasteiger partial charge in [-0.2, -0.15) is 0 Å². The summed E-state index contributed by atoms with van der Waals surface area (Å²) in [6.07, 6.45) is 0.293. The predicted octanol–water partition coefficient (Wildman–Crippen LogP) is 3.30. The number of halogens is 2. The van der Waals surface area contributed by atoms with Crippen molar-refractivity contribution < 1.29 is 9.47 Å². The SMILES string of the molecule is Cc1cc(Br)cc(OCC2CO2)c1Br. The molecule has 4 heteroatoms. The highest BCUT2D eigenvalue weighted by Crippen LogP contribution is 2.32. The molecule has 1 aromatic carbocycles. The summed E-state index contributed by atoms with van der Waals surface area (Å²) in [7, 11) is 0. The molecule has 2 nitrogen and oxygen atoms in total. The molecule has 1 aliphatic heterocycles. The van der Waals surface area contributed by atoms with Crippen molar-refractivity contribution in [2.45, 2.75) is 13.0 Å². The molecule has 76 valence electrons. The molecule has 0 spiro atoms. The minimum absolute atomic E-state index is 0.293. The van der Waals surface area contributed by atoms with Crippen LogP contribution < -0.4 is 4.74 Å². The largest absolute Gasteiger partial charge is 0.490 e. The third-order valence-corrected chi connectivity index (χ3v) is 3.49. The van der Waals surface area contributed by atoms with Crippen LogP contribution >= 0.6 is 31.9 Å². The van der Waals surface area contributed by atoms with E-state index >= 15 is 0 Å². The third-order valence-electron chi connectivity index (χ3n) is 2.01. The molecule has 0 saturated carbocycles. The Kier molecular flexibility index (Phi) is 3.14. The zero-order valence-corrected chi connectivity index (χ0v) is 10.9. The molecule has 1 unspecified atom stereocenters. The molecular weight excluding hydrogens is 312 g/mol. The Bertz CT molecular complexity index is 348. The number of ether oxygens (including phenoxy) is 2. The van der Waals surface area contributed by atoms with Crippen LogP contribution in [0.15, 0.2) is 21.1 Å². The quantitative estimate of drug-likeness (QED) is 0.797. The second-order valence-electron chi connectivity index (χ2n) is 3.30. The summed E-state index contributed by atoms with van der Waals surface area (Å²) in [6, 6.07) is 4.00. The lowest BCUT2D eigenvalue weighted by molar-refractivity contribution is 0.261. The van der Waals surface area contributed by atoms with Gasteiger partial charge in [-0.3, -0.25) is 0 Å². The highest BCUT2D eigenvalue weighted by atomic mass is 79.9. The van der Waals surface area contributed by atoms with Gasteiger partial charge in [-0.15, -0.1) is 0 Å². The van der Waals surface area contributed by atoms with E-state index < -0.39 is 0 Å². The first-order valence-electron chi connectivity index (χ1n) is 4.37. The van der Waals surface area contributed by atoms with Gasteiger partial charge in [0.25, 0.3) is 0 Å². The van der Waals surface area contributed by atoms with Gasteiger partial charge in [0.05, 0.1) is 11.1 Å². The molecule has 1 aliphatic rings. The van der Waals surface area contributed by atoms with E-state index in [1.807, 2.05) is 19.1 Å². The number of hydrogen-bond acceptors (Lipinski definition) is 2. The molecule has 0 bridgehead atoms. The molecule has 0 radical (unpaired) electrons. The summed E-state index contributed by atoms with van der Waals surface area (Å²) in [4.78, 5) is 0. The van der Waals surface area contributed by atoms with E-state index in [1.54, 1.807) is 0 Å². The normalized spacial score (nSPS) is 19.5. The van der Waals surface area contributed by atoms with Crippen LogP contribution in [-0.4, -0.2) is 19.3 Å². The van der Waals surface area contributed by atoms with Crippen LogP contribution in [0.1, 0.15) is 5.56 Å². The van der Waals surface area contributed by atoms with Gasteiger partial charge >= 0.3 is 0 Å². The molecule has 1 atom stereocenters. The number of benzene rings is 1. The molecule has 1 aromatic rings. The minimum Gasteiger partial charge on any atom is -0.490 e. The summed E-state index contributed by atoms with van der Waals surface area (Å²) in [5.74, 6) is 0.868. The van der Waals surface area contributed by atoms with Crippen molar-refractivity contribution >= 4 is 31.9 Å². The fourth-order valence-electron chi connectivity index (χ4n) is 1.15. The van der Waals surface area contributed by atoms with Gasteiger partial charge in [-0.25, -0.2) is 0 Å². The lowest BCUT2D eigenvalue weighted by atomic mass is 10.2. The van der Waals surface area contributed by atoms with E-state index in [0.29, 0.717) is 12.7 Å². The highest BCUT2D eigenvalue weighted by molar-refractivity contribution is 9.11. The van der Waals surface area contributed by atoms with Crippen molar-refractivity contribution in [2.75, 3.05) is 13.2 Å². The number of epoxide rings is 1. The summed E-state index contributed by atoms with van der Waals surface area (Å²) < 4.78 is 12.7. The molecule has 1 fully saturated rings. The van der Waals surface area contributed by atoms with Crippen molar-refractivity contribution in [2.24, 2.45) is 0 Å². The second kappa shape index (κ2) is 4.21. The zero-order valence-electron chi connectivity index (χ0n) is 7.72. The Morgan fingerprint density at radius 2 is 2.21 bits per heavy atom. The molecule has 1 heterocycles. The maximum atomic E-state index is 5.62. The van der Waals surface area contributed by atoms with Crippen LogP contribution in [0.2, 0.25) is 0 Å². The number of rotatable bonds is 3. The van der Waals surface area contributed by atoms with Crippen molar-refractivity contribution in [3.63, 3.8) is 0 Å². The van der Waals surface area contributed by atoms with Gasteiger partial charge in [0.2, 0.25) is 0 Å². The summed E-state index contributed by atoms with van der Waals surface area (Å²) >= 11 is 6.94. The molecule has 0 aromatic heterocycles. The Labute approximate surface area is 99.8 Å². The van der Waals surface area contributed by atoms with Gasteiger partial charge in [-0.05, 0) is 40.5 Å². The van der Waals surface area contributed by atoms with Crippen LogP contribution in [0.25, 0.3) is 0 Å². The lowest BCUT2D eigenvalue weighted by Gasteiger charge is -2.09. The average molecular weight is 322 g/mol. The smallest absolute Gasteiger partial charge is 0.135 e. The van der Waals surface area contributed by atoms with Crippen LogP contribution in [0.5, 0.6) is 5.75 Å². The molecule has 2 rings (SSSR count). The van der Waals surface area contributed by atoms with Crippen molar-refractivity contribution in [3.05, 3.63) is 26.6 Å². The standard InChI is InChI=1S/C10H10Br2O2/c1-6-2-7(11)3-9(10(6)12)14-5-8-4-13-8/h2-3,8H,4-5H2,1H3. The van der Waals surface area contributed by atoms with Crippen molar-refractivity contribution in [1.29, 1.82) is 0 Å². The van der Waals surface area contributed by atoms with Gasteiger partial charge < -0.3 is 9.47 Å². The maximum Gasteiger partial charge on any atom is 0.135 e. The predicted molar refractivity (Wildman–Crippen MR) is 61.8 cm³/mol. The van der Waals surface area contributed by atoms with Crippen LogP contribution in [0.4, 0.5) is 0 Å². The molecule has 0 amide bonds. The first-order valence-corrected chi connectivity index (χ1v) is 5.95. The first kappa shape index (κ1) is 10.5. The highest BCUT2D eigenvalue weighted by Gasteiger charge is 2.23. The van der Waals surface area contributed by atoms with E-state index in [1.165, 1.54) is 0 Å². The monoisotopic (exact) mass is 320 g/mol. The lowest BCUT2D eigenvalue weighted by Crippen LogP contribution is -2.04. The Morgan fingerprint density at radius 3 is 2.86 bits per heavy atom. The topological polar surface area (TPSA) is 21.8 Å². The maximum absolute atomic E-state index is 5.62. The number of hydrogen-bond donors (Lipinski definition) is 0. The van der Waals surface area contributed by atoms with E-state index in [0.717, 1.165) is 26.9 Å². The van der Waals surface area contributed by atoms with Crippen molar-refractivity contribution in [3.8, 4) is 5.75 Å². The number of aryl methyl sites for hydroxylation is 1. The fourth-order valence-corrected chi connectivity index (χ4v) is 2.04. The van der Waals surface area contributed by atoms with Gasteiger partial charge in [-0.1, -0.05) is 15.9 Å². The zero-order chi connectivity index (χ0) is 10.1. The summed E-state index contributed by atoms with van der Waals surface area (Å²) in [6.45, 7) is 3.49. The van der Waals surface area contributed by atoms with E-state index in [2.05, 4.69) is 31.9 Å². The third kappa shape index (κ3) is 2.49. The van der Waals surface area contributed by atoms with E-state index in [9.17, 15) is 0 Å². The summed E-state index contributed by atoms with van der Waals surface area (Å²) in [5, 5.41) is 0. The first-order chi connectivity index (χ1) is 6.66. The Morgan fingerprint density at radius 1 is 1.50 bits per heavy atom. The minimum atomic E-state index is 0.293. The second-order valence-corrected chi connectivity index (χ2v) is 5.01. The van der Waals surface area contributed by atoms with E-state index in [-0.39, 0.29) is 0 Å².